The van der Waals surface area contributed by atoms with Crippen LogP contribution in [0.1, 0.15) is 40.2 Å². The van der Waals surface area contributed by atoms with Crippen molar-refractivity contribution in [1.82, 2.24) is 5.32 Å². The Labute approximate surface area is 121 Å². The Bertz CT molecular complexity index is 449. The van der Waals surface area contributed by atoms with Crippen molar-refractivity contribution < 1.29 is 14.6 Å². The van der Waals surface area contributed by atoms with Crippen LogP contribution in [0.2, 0.25) is 0 Å². The van der Waals surface area contributed by atoms with Gasteiger partial charge in [-0.3, -0.25) is 4.79 Å². The van der Waals surface area contributed by atoms with Gasteiger partial charge in [0.2, 0.25) is 0 Å². The second-order valence-corrected chi connectivity index (χ2v) is 5.99. The molecule has 2 N–H and O–H groups in total. The van der Waals surface area contributed by atoms with Crippen LogP contribution in [0.4, 0.5) is 0 Å². The molecule has 4 heteroatoms. The van der Waals surface area contributed by atoms with Crippen LogP contribution < -0.4 is 10.1 Å². The lowest BCUT2D eigenvalue weighted by Crippen LogP contribution is -2.54. The summed E-state index contributed by atoms with van der Waals surface area (Å²) in [5, 5.41) is 12.6. The molecule has 0 heterocycles. The Morgan fingerprint density at radius 2 is 1.75 bits per heavy atom. The van der Waals surface area contributed by atoms with Gasteiger partial charge in [0, 0.05) is 12.1 Å². The monoisotopic (exact) mass is 279 g/mol. The molecule has 0 amide bonds. The lowest BCUT2D eigenvalue weighted by molar-refractivity contribution is -0.151. The van der Waals surface area contributed by atoms with Gasteiger partial charge in [0.05, 0.1) is 12.0 Å². The maximum Gasteiger partial charge on any atom is 0.310 e. The van der Waals surface area contributed by atoms with Crippen molar-refractivity contribution in [3.05, 3.63) is 29.8 Å². The Balaban J connectivity index is 2.68. The number of rotatable bonds is 7. The summed E-state index contributed by atoms with van der Waals surface area (Å²) in [4.78, 5) is 11.3. The fraction of sp³-hybridized carbons (Fsp3) is 0.562. The van der Waals surface area contributed by atoms with Gasteiger partial charge in [0.1, 0.15) is 5.75 Å². The minimum Gasteiger partial charge on any atom is -0.494 e. The first-order chi connectivity index (χ1) is 9.20. The fourth-order valence-corrected chi connectivity index (χ4v) is 1.68. The van der Waals surface area contributed by atoms with Gasteiger partial charge in [-0.2, -0.15) is 0 Å². The van der Waals surface area contributed by atoms with Gasteiger partial charge in [0.25, 0.3) is 0 Å². The molecule has 0 fully saturated rings. The zero-order valence-corrected chi connectivity index (χ0v) is 13.0. The molecule has 112 valence electrons. The van der Waals surface area contributed by atoms with Gasteiger partial charge in [-0.15, -0.1) is 0 Å². The molecule has 0 saturated carbocycles. The van der Waals surface area contributed by atoms with E-state index in [1.54, 1.807) is 13.8 Å². The largest absolute Gasteiger partial charge is 0.494 e. The normalized spacial score (nSPS) is 12.2. The van der Waals surface area contributed by atoms with Crippen LogP contribution in [0, 0.1) is 5.41 Å². The number of ether oxygens (including phenoxy) is 1. The Morgan fingerprint density at radius 1 is 1.20 bits per heavy atom. The summed E-state index contributed by atoms with van der Waals surface area (Å²) in [5.74, 6) is 0.0445. The van der Waals surface area contributed by atoms with E-state index in [2.05, 4.69) is 5.32 Å². The second kappa shape index (κ2) is 6.27. The van der Waals surface area contributed by atoms with Crippen molar-refractivity contribution in [2.45, 2.75) is 46.7 Å². The van der Waals surface area contributed by atoms with Gasteiger partial charge in [-0.1, -0.05) is 12.1 Å². The average molecular weight is 279 g/mol. The number of benzene rings is 1. The number of aliphatic carboxylic acids is 1. The van der Waals surface area contributed by atoms with Crippen LogP contribution in [0.15, 0.2) is 24.3 Å². The highest BCUT2D eigenvalue weighted by Crippen LogP contribution is 2.31. The van der Waals surface area contributed by atoms with Crippen molar-refractivity contribution in [3.63, 3.8) is 0 Å². The first-order valence-corrected chi connectivity index (χ1v) is 6.91. The second-order valence-electron chi connectivity index (χ2n) is 5.99. The van der Waals surface area contributed by atoms with Crippen LogP contribution in [-0.2, 0) is 11.3 Å². The quantitative estimate of drug-likeness (QED) is 0.805. The first-order valence-electron chi connectivity index (χ1n) is 6.91. The SMILES string of the molecule is CCOc1ccc(CNC(C)(C)C(C)(C)C(=O)O)cc1. The third-order valence-electron chi connectivity index (χ3n) is 4.07. The summed E-state index contributed by atoms with van der Waals surface area (Å²) >= 11 is 0. The van der Waals surface area contributed by atoms with E-state index in [0.717, 1.165) is 11.3 Å². The van der Waals surface area contributed by atoms with Gasteiger partial charge in [-0.25, -0.2) is 0 Å². The molecule has 4 nitrogen and oxygen atoms in total. The molecular formula is C16H25NO3. The number of carboxylic acids is 1. The zero-order chi connectivity index (χ0) is 15.4. The number of nitrogens with one attached hydrogen (secondary N) is 1. The van der Waals surface area contributed by atoms with Crippen molar-refractivity contribution in [3.8, 4) is 5.75 Å². The predicted molar refractivity (Wildman–Crippen MR) is 79.9 cm³/mol. The van der Waals surface area contributed by atoms with Crippen molar-refractivity contribution in [2.75, 3.05) is 6.61 Å². The van der Waals surface area contributed by atoms with Crippen LogP contribution in [0.3, 0.4) is 0 Å². The molecule has 0 radical (unpaired) electrons. The molecule has 0 aromatic heterocycles. The Kier molecular flexibility index (Phi) is 5.17. The topological polar surface area (TPSA) is 58.6 Å². The van der Waals surface area contributed by atoms with Gasteiger partial charge in [0.15, 0.2) is 0 Å². The number of carboxylic acid groups (broad SMARTS) is 1. The summed E-state index contributed by atoms with van der Waals surface area (Å²) in [6.45, 7) is 10.5. The molecule has 0 bridgehead atoms. The lowest BCUT2D eigenvalue weighted by Gasteiger charge is -2.39. The van der Waals surface area contributed by atoms with Gasteiger partial charge in [-0.05, 0) is 52.3 Å². The van der Waals surface area contributed by atoms with E-state index < -0.39 is 16.9 Å². The standard InChI is InChI=1S/C16H25NO3/c1-6-20-13-9-7-12(8-10-13)11-17-16(4,5)15(2,3)14(18)19/h7-10,17H,6,11H2,1-5H3,(H,18,19). The molecule has 0 unspecified atom stereocenters. The number of hydrogen-bond acceptors (Lipinski definition) is 3. The Morgan fingerprint density at radius 3 is 2.20 bits per heavy atom. The van der Waals surface area contributed by atoms with E-state index in [-0.39, 0.29) is 0 Å². The fourth-order valence-electron chi connectivity index (χ4n) is 1.68. The third kappa shape index (κ3) is 3.73. The molecule has 1 aromatic rings. The maximum atomic E-state index is 11.3. The van der Waals surface area contributed by atoms with Crippen LogP contribution >= 0.6 is 0 Å². The number of carbonyl (C=O) groups is 1. The smallest absolute Gasteiger partial charge is 0.310 e. The molecule has 0 aliphatic carbocycles. The van der Waals surface area contributed by atoms with E-state index in [1.807, 2.05) is 45.0 Å². The summed E-state index contributed by atoms with van der Waals surface area (Å²) in [5.41, 5.74) is -0.266. The average Bonchev–Trinajstić information content (AvgIpc) is 2.38. The maximum absolute atomic E-state index is 11.3. The Hall–Kier alpha value is -1.55. The summed E-state index contributed by atoms with van der Waals surface area (Å²) in [6, 6.07) is 7.83. The minimum atomic E-state index is -0.849. The lowest BCUT2D eigenvalue weighted by atomic mass is 9.74. The molecule has 0 spiro atoms. The van der Waals surface area contributed by atoms with Gasteiger partial charge >= 0.3 is 5.97 Å². The van der Waals surface area contributed by atoms with Crippen molar-refractivity contribution in [2.24, 2.45) is 5.41 Å². The van der Waals surface area contributed by atoms with E-state index in [9.17, 15) is 9.90 Å². The highest BCUT2D eigenvalue weighted by molar-refractivity contribution is 5.75. The molecule has 1 aromatic carbocycles. The zero-order valence-electron chi connectivity index (χ0n) is 13.0. The predicted octanol–water partition coefficient (Wildman–Crippen LogP) is 3.06. The van der Waals surface area contributed by atoms with Crippen LogP contribution in [0.5, 0.6) is 5.75 Å². The molecule has 0 saturated heterocycles. The molecule has 1 rings (SSSR count). The number of hydrogen-bond donors (Lipinski definition) is 2. The molecule has 0 aliphatic rings. The summed E-state index contributed by atoms with van der Waals surface area (Å²) < 4.78 is 5.39. The van der Waals surface area contributed by atoms with Crippen molar-refractivity contribution in [1.29, 1.82) is 0 Å². The first kappa shape index (κ1) is 16.5. The highest BCUT2D eigenvalue weighted by Gasteiger charge is 2.42. The summed E-state index contributed by atoms with van der Waals surface area (Å²) in [7, 11) is 0. The minimum absolute atomic E-state index is 0.516. The highest BCUT2D eigenvalue weighted by atomic mass is 16.5. The van der Waals surface area contributed by atoms with E-state index in [1.165, 1.54) is 0 Å². The molecule has 20 heavy (non-hydrogen) atoms. The third-order valence-corrected chi connectivity index (χ3v) is 4.07. The van der Waals surface area contributed by atoms with E-state index in [4.69, 9.17) is 4.74 Å². The molecule has 0 atom stereocenters. The summed E-state index contributed by atoms with van der Waals surface area (Å²) in [6.07, 6.45) is 0. The molecule has 0 aliphatic heterocycles. The van der Waals surface area contributed by atoms with Crippen LogP contribution in [0.25, 0.3) is 0 Å². The molecular weight excluding hydrogens is 254 g/mol. The van der Waals surface area contributed by atoms with E-state index >= 15 is 0 Å². The van der Waals surface area contributed by atoms with Crippen molar-refractivity contribution >= 4 is 5.97 Å². The van der Waals surface area contributed by atoms with Gasteiger partial charge < -0.3 is 15.2 Å². The van der Waals surface area contributed by atoms with Crippen LogP contribution in [-0.4, -0.2) is 23.2 Å². The van der Waals surface area contributed by atoms with E-state index in [0.29, 0.717) is 13.2 Å².